The molecule has 24 heavy (non-hydrogen) atoms. The van der Waals surface area contributed by atoms with E-state index >= 15 is 0 Å². The van der Waals surface area contributed by atoms with Gasteiger partial charge >= 0.3 is 0 Å². The Balaban J connectivity index is 1.51. The van der Waals surface area contributed by atoms with Gasteiger partial charge in [0, 0.05) is 29.7 Å². The van der Waals surface area contributed by atoms with Gasteiger partial charge in [-0.05, 0) is 52.9 Å². The first kappa shape index (κ1) is 17.0. The average molecular weight is 440 g/mol. The van der Waals surface area contributed by atoms with Gasteiger partial charge in [0.15, 0.2) is 6.61 Å². The predicted molar refractivity (Wildman–Crippen MR) is 99.8 cm³/mol. The summed E-state index contributed by atoms with van der Waals surface area (Å²) in [6.07, 6.45) is 0. The van der Waals surface area contributed by atoms with E-state index < -0.39 is 0 Å². The Morgan fingerprint density at radius 3 is 2.54 bits per heavy atom. The molecule has 4 nitrogen and oxygen atoms in total. The van der Waals surface area contributed by atoms with Crippen LogP contribution in [0.1, 0.15) is 0 Å². The number of para-hydroxylation sites is 1. The van der Waals surface area contributed by atoms with Gasteiger partial charge in [-0.2, -0.15) is 0 Å². The van der Waals surface area contributed by atoms with Gasteiger partial charge in [-0.1, -0.05) is 18.2 Å². The fraction of sp³-hybridized carbons (Fsp3) is 0.278. The summed E-state index contributed by atoms with van der Waals surface area (Å²) in [6, 6.07) is 14.3. The smallest absolute Gasteiger partial charge is 0.260 e. The molecule has 1 amide bonds. The second kappa shape index (κ2) is 7.83. The van der Waals surface area contributed by atoms with Crippen LogP contribution in [-0.2, 0) is 4.79 Å². The normalized spacial score (nSPS) is 14.6. The molecule has 0 radical (unpaired) electrons. The van der Waals surface area contributed by atoms with Crippen LogP contribution in [0.2, 0.25) is 0 Å². The second-order valence-electron chi connectivity index (χ2n) is 5.57. The maximum Gasteiger partial charge on any atom is 0.260 e. The zero-order chi connectivity index (χ0) is 16.9. The zero-order valence-electron chi connectivity index (χ0n) is 13.1. The minimum Gasteiger partial charge on any atom is -0.484 e. The number of halogens is 2. The Hall–Kier alpha value is -1.83. The first-order valence-corrected chi connectivity index (χ1v) is 8.87. The van der Waals surface area contributed by atoms with Crippen molar-refractivity contribution < 1.29 is 13.9 Å². The van der Waals surface area contributed by atoms with Crippen LogP contribution in [0.25, 0.3) is 0 Å². The second-order valence-corrected chi connectivity index (χ2v) is 6.81. The standard InChI is InChI=1S/C18H18FIN2O2/c19-16-6-1-2-7-17(16)21-8-10-22(11-9-21)18(23)13-24-15-5-3-4-14(20)12-15/h1-7,12H,8-11,13H2. The topological polar surface area (TPSA) is 32.8 Å². The Morgan fingerprint density at radius 1 is 1.08 bits per heavy atom. The van der Waals surface area contributed by atoms with Gasteiger partial charge in [-0.3, -0.25) is 4.79 Å². The summed E-state index contributed by atoms with van der Waals surface area (Å²) in [5.74, 6) is 0.432. The first-order valence-electron chi connectivity index (χ1n) is 7.79. The molecule has 126 valence electrons. The van der Waals surface area contributed by atoms with Crippen molar-refractivity contribution in [2.75, 3.05) is 37.7 Å². The van der Waals surface area contributed by atoms with Crippen molar-refractivity contribution in [3.05, 3.63) is 57.9 Å². The summed E-state index contributed by atoms with van der Waals surface area (Å²) in [4.78, 5) is 16.0. The van der Waals surface area contributed by atoms with E-state index in [9.17, 15) is 9.18 Å². The lowest BCUT2D eigenvalue weighted by molar-refractivity contribution is -0.133. The van der Waals surface area contributed by atoms with Crippen molar-refractivity contribution in [2.45, 2.75) is 0 Å². The van der Waals surface area contributed by atoms with Gasteiger partial charge in [0.25, 0.3) is 5.91 Å². The van der Waals surface area contributed by atoms with Crippen molar-refractivity contribution >= 4 is 34.2 Å². The number of nitrogens with zero attached hydrogens (tertiary/aromatic N) is 2. The molecule has 1 fully saturated rings. The monoisotopic (exact) mass is 440 g/mol. The number of hydrogen-bond acceptors (Lipinski definition) is 3. The number of carbonyl (C=O) groups excluding carboxylic acids is 1. The van der Waals surface area contributed by atoms with Gasteiger partial charge in [-0.15, -0.1) is 0 Å². The molecular formula is C18H18FIN2O2. The number of rotatable bonds is 4. The van der Waals surface area contributed by atoms with Crippen molar-refractivity contribution in [1.82, 2.24) is 4.90 Å². The van der Waals surface area contributed by atoms with Crippen LogP contribution < -0.4 is 9.64 Å². The maximum absolute atomic E-state index is 13.8. The molecule has 3 rings (SSSR count). The number of ether oxygens (including phenoxy) is 1. The highest BCUT2D eigenvalue weighted by Gasteiger charge is 2.22. The molecule has 0 aromatic heterocycles. The van der Waals surface area contributed by atoms with E-state index in [0.717, 1.165) is 3.57 Å². The highest BCUT2D eigenvalue weighted by molar-refractivity contribution is 14.1. The fourth-order valence-corrected chi connectivity index (χ4v) is 3.21. The third-order valence-electron chi connectivity index (χ3n) is 3.98. The molecule has 0 N–H and O–H groups in total. The van der Waals surface area contributed by atoms with Gasteiger partial charge in [-0.25, -0.2) is 4.39 Å². The summed E-state index contributed by atoms with van der Waals surface area (Å²) in [5, 5.41) is 0. The lowest BCUT2D eigenvalue weighted by atomic mass is 10.2. The van der Waals surface area contributed by atoms with Gasteiger partial charge in [0.2, 0.25) is 0 Å². The van der Waals surface area contributed by atoms with E-state index in [1.807, 2.05) is 35.2 Å². The maximum atomic E-state index is 13.8. The number of carbonyl (C=O) groups is 1. The molecule has 2 aromatic rings. The number of piperazine rings is 1. The third-order valence-corrected chi connectivity index (χ3v) is 4.65. The summed E-state index contributed by atoms with van der Waals surface area (Å²) >= 11 is 2.20. The number of amides is 1. The van der Waals surface area contributed by atoms with E-state index in [-0.39, 0.29) is 18.3 Å². The van der Waals surface area contributed by atoms with E-state index in [1.54, 1.807) is 17.0 Å². The van der Waals surface area contributed by atoms with Gasteiger partial charge in [0.05, 0.1) is 5.69 Å². The van der Waals surface area contributed by atoms with Gasteiger partial charge < -0.3 is 14.5 Å². The summed E-state index contributed by atoms with van der Waals surface area (Å²) in [7, 11) is 0. The minimum absolute atomic E-state index is 0.0276. The molecule has 0 saturated carbocycles. The van der Waals surface area contributed by atoms with Crippen LogP contribution >= 0.6 is 22.6 Å². The molecule has 1 aliphatic rings. The lowest BCUT2D eigenvalue weighted by Gasteiger charge is -2.36. The van der Waals surface area contributed by atoms with Crippen LogP contribution in [0.5, 0.6) is 5.75 Å². The molecule has 0 unspecified atom stereocenters. The molecule has 0 aliphatic carbocycles. The highest BCUT2D eigenvalue weighted by atomic mass is 127. The Bertz CT molecular complexity index is 718. The van der Waals surface area contributed by atoms with Crippen molar-refractivity contribution in [3.63, 3.8) is 0 Å². The van der Waals surface area contributed by atoms with Crippen molar-refractivity contribution in [3.8, 4) is 5.75 Å². The highest BCUT2D eigenvalue weighted by Crippen LogP contribution is 2.20. The largest absolute Gasteiger partial charge is 0.484 e. The molecule has 0 spiro atoms. The van der Waals surface area contributed by atoms with E-state index in [2.05, 4.69) is 22.6 Å². The molecule has 0 atom stereocenters. The number of anilines is 1. The van der Waals surface area contributed by atoms with Gasteiger partial charge in [0.1, 0.15) is 11.6 Å². The van der Waals surface area contributed by atoms with Crippen LogP contribution in [0.4, 0.5) is 10.1 Å². The van der Waals surface area contributed by atoms with Crippen LogP contribution in [0, 0.1) is 9.39 Å². The Labute approximate surface area is 154 Å². The summed E-state index contributed by atoms with van der Waals surface area (Å²) in [5.41, 5.74) is 0.597. The molecule has 1 aliphatic heterocycles. The number of hydrogen-bond donors (Lipinski definition) is 0. The zero-order valence-corrected chi connectivity index (χ0v) is 15.3. The first-order chi connectivity index (χ1) is 11.6. The third kappa shape index (κ3) is 4.17. The molecule has 6 heteroatoms. The van der Waals surface area contributed by atoms with Crippen molar-refractivity contribution in [2.24, 2.45) is 0 Å². The van der Waals surface area contributed by atoms with Crippen LogP contribution in [0.15, 0.2) is 48.5 Å². The molecule has 1 saturated heterocycles. The lowest BCUT2D eigenvalue weighted by Crippen LogP contribution is -2.50. The summed E-state index contributed by atoms with van der Waals surface area (Å²) in [6.45, 7) is 2.41. The van der Waals surface area contributed by atoms with Crippen molar-refractivity contribution in [1.29, 1.82) is 0 Å². The Kier molecular flexibility index (Phi) is 5.55. The van der Waals surface area contributed by atoms with E-state index in [0.29, 0.717) is 37.6 Å². The molecule has 1 heterocycles. The predicted octanol–water partition coefficient (Wildman–Crippen LogP) is 3.16. The van der Waals surface area contributed by atoms with E-state index in [4.69, 9.17) is 4.74 Å². The quantitative estimate of drug-likeness (QED) is 0.686. The fourth-order valence-electron chi connectivity index (χ4n) is 2.70. The minimum atomic E-state index is -0.223. The van der Waals surface area contributed by atoms with Crippen LogP contribution in [-0.4, -0.2) is 43.6 Å². The Morgan fingerprint density at radius 2 is 1.83 bits per heavy atom. The summed E-state index contributed by atoms with van der Waals surface area (Å²) < 4.78 is 20.5. The SMILES string of the molecule is O=C(COc1cccc(I)c1)N1CCN(c2ccccc2F)CC1. The number of benzene rings is 2. The molecular weight excluding hydrogens is 422 g/mol. The molecule has 2 aromatic carbocycles. The van der Waals surface area contributed by atoms with E-state index in [1.165, 1.54) is 6.07 Å². The molecule has 0 bridgehead atoms. The van der Waals surface area contributed by atoms with Crippen LogP contribution in [0.3, 0.4) is 0 Å². The average Bonchev–Trinajstić information content (AvgIpc) is 2.60.